The van der Waals surface area contributed by atoms with Crippen molar-refractivity contribution >= 4 is 17.5 Å². The van der Waals surface area contributed by atoms with E-state index in [2.05, 4.69) is 16.2 Å². The van der Waals surface area contributed by atoms with Gasteiger partial charge in [-0.25, -0.2) is 0 Å². The van der Waals surface area contributed by atoms with Crippen LogP contribution >= 0.6 is 11.6 Å². The van der Waals surface area contributed by atoms with Crippen molar-refractivity contribution in [1.82, 2.24) is 15.0 Å². The fraction of sp³-hybridized carbons (Fsp3) is 0.318. The highest BCUT2D eigenvalue weighted by atomic mass is 35.5. The Kier molecular flexibility index (Phi) is 6.54. The molecule has 0 saturated carbocycles. The Bertz CT molecular complexity index is 965. The van der Waals surface area contributed by atoms with E-state index >= 15 is 0 Å². The maximum atomic E-state index is 12.9. The van der Waals surface area contributed by atoms with E-state index in [0.717, 1.165) is 16.7 Å². The third kappa shape index (κ3) is 5.35. The zero-order valence-corrected chi connectivity index (χ0v) is 17.7. The summed E-state index contributed by atoms with van der Waals surface area (Å²) >= 11 is 5.91. The van der Waals surface area contributed by atoms with Crippen molar-refractivity contribution in [2.24, 2.45) is 0 Å². The lowest BCUT2D eigenvalue weighted by atomic mass is 10.1. The lowest BCUT2D eigenvalue weighted by Crippen LogP contribution is -2.39. The number of hydrogen-bond acceptors (Lipinski definition) is 5. The Balaban J connectivity index is 1.66. The number of aryl methyl sites for hydroxylation is 2. The third-order valence-corrected chi connectivity index (χ3v) is 4.69. The van der Waals surface area contributed by atoms with E-state index in [1.807, 2.05) is 45.0 Å². The van der Waals surface area contributed by atoms with E-state index in [4.69, 9.17) is 20.9 Å². The maximum Gasteiger partial charge on any atom is 0.263 e. The fourth-order valence-corrected chi connectivity index (χ4v) is 3.16. The highest BCUT2D eigenvalue weighted by Gasteiger charge is 2.24. The normalized spacial score (nSPS) is 11.9. The topological polar surface area (TPSA) is 68.5 Å². The molecule has 6 nitrogen and oxygen atoms in total. The lowest BCUT2D eigenvalue weighted by molar-refractivity contribution is -0.138. The molecule has 0 spiro atoms. The maximum absolute atomic E-state index is 12.9. The van der Waals surface area contributed by atoms with Crippen LogP contribution in [0.3, 0.4) is 0 Å². The Morgan fingerprint density at radius 1 is 1.17 bits per heavy atom. The van der Waals surface area contributed by atoms with E-state index < -0.39 is 6.10 Å². The van der Waals surface area contributed by atoms with Crippen LogP contribution in [0.1, 0.15) is 30.4 Å². The summed E-state index contributed by atoms with van der Waals surface area (Å²) in [5.41, 5.74) is 2.98. The molecule has 152 valence electrons. The van der Waals surface area contributed by atoms with E-state index in [0.29, 0.717) is 28.9 Å². The Labute approximate surface area is 175 Å². The van der Waals surface area contributed by atoms with Crippen molar-refractivity contribution in [2.75, 3.05) is 7.05 Å². The summed E-state index contributed by atoms with van der Waals surface area (Å²) in [5, 5.41) is 4.62. The van der Waals surface area contributed by atoms with Gasteiger partial charge in [-0.3, -0.25) is 4.79 Å². The number of likely N-dealkylation sites (N-methyl/N-ethyl adjacent to an activating group) is 1. The molecule has 0 saturated heterocycles. The molecule has 0 aliphatic carbocycles. The average Bonchev–Trinajstić information content (AvgIpc) is 3.13. The van der Waals surface area contributed by atoms with Crippen LogP contribution in [0.25, 0.3) is 11.4 Å². The van der Waals surface area contributed by atoms with Crippen molar-refractivity contribution in [3.63, 3.8) is 0 Å². The summed E-state index contributed by atoms with van der Waals surface area (Å²) < 4.78 is 11.3. The molecular weight excluding hydrogens is 390 g/mol. The molecule has 2 aromatic carbocycles. The van der Waals surface area contributed by atoms with E-state index in [1.54, 1.807) is 19.2 Å². The number of halogens is 1. The average molecular weight is 414 g/mol. The van der Waals surface area contributed by atoms with Gasteiger partial charge in [0.15, 0.2) is 6.10 Å². The molecule has 7 heteroatoms. The second-order valence-corrected chi connectivity index (χ2v) is 7.49. The molecule has 1 amide bonds. The fourth-order valence-electron chi connectivity index (χ4n) is 3.04. The van der Waals surface area contributed by atoms with Gasteiger partial charge in [-0.1, -0.05) is 29.7 Å². The SMILES string of the molecule is CC[C@@H](Oc1cc(C)cc(C)c1)C(=O)N(C)Cc1nc(-c2ccc(Cl)cc2)no1. The number of benzene rings is 2. The monoisotopic (exact) mass is 413 g/mol. The number of hydrogen-bond donors (Lipinski definition) is 0. The molecule has 1 heterocycles. The standard InChI is InChI=1S/C22H24ClN3O3/c1-5-19(28-18-11-14(2)10-15(3)12-18)22(27)26(4)13-20-24-21(25-29-20)16-6-8-17(23)9-7-16/h6-12,19H,5,13H2,1-4H3/t19-/m1/s1. The van der Waals surface area contributed by atoms with Gasteiger partial charge in [-0.15, -0.1) is 0 Å². The molecule has 0 radical (unpaired) electrons. The van der Waals surface area contributed by atoms with Gasteiger partial charge in [-0.2, -0.15) is 4.98 Å². The van der Waals surface area contributed by atoms with Crippen LogP contribution in [0.2, 0.25) is 5.02 Å². The van der Waals surface area contributed by atoms with Crippen molar-refractivity contribution in [1.29, 1.82) is 0 Å². The molecule has 0 aliphatic rings. The number of carbonyl (C=O) groups excluding carboxylic acids is 1. The molecular formula is C22H24ClN3O3. The summed E-state index contributed by atoms with van der Waals surface area (Å²) in [6, 6.07) is 13.1. The molecule has 3 aromatic rings. The summed E-state index contributed by atoms with van der Waals surface area (Å²) in [7, 11) is 1.70. The first-order valence-corrected chi connectivity index (χ1v) is 9.82. The summed E-state index contributed by atoms with van der Waals surface area (Å²) in [6.07, 6.45) is -0.0319. The molecule has 0 unspecified atom stereocenters. The first kappa shape index (κ1) is 20.9. The summed E-state index contributed by atoms with van der Waals surface area (Å²) in [6.45, 7) is 6.13. The van der Waals surface area contributed by atoms with E-state index in [-0.39, 0.29) is 12.5 Å². The van der Waals surface area contributed by atoms with E-state index in [1.165, 1.54) is 4.90 Å². The van der Waals surface area contributed by atoms with Gasteiger partial charge in [0.05, 0.1) is 6.54 Å². The molecule has 3 rings (SSSR count). The number of carbonyl (C=O) groups is 1. The highest BCUT2D eigenvalue weighted by molar-refractivity contribution is 6.30. The number of ether oxygens (including phenoxy) is 1. The molecule has 1 aromatic heterocycles. The van der Waals surface area contributed by atoms with Crippen molar-refractivity contribution in [2.45, 2.75) is 39.8 Å². The van der Waals surface area contributed by atoms with E-state index in [9.17, 15) is 4.79 Å². The van der Waals surface area contributed by atoms with Gasteiger partial charge >= 0.3 is 0 Å². The zero-order valence-electron chi connectivity index (χ0n) is 17.0. The molecule has 0 aliphatic heterocycles. The van der Waals surface area contributed by atoms with Crippen LogP contribution in [0.5, 0.6) is 5.75 Å². The molecule has 29 heavy (non-hydrogen) atoms. The highest BCUT2D eigenvalue weighted by Crippen LogP contribution is 2.21. The summed E-state index contributed by atoms with van der Waals surface area (Å²) in [4.78, 5) is 18.8. The second-order valence-electron chi connectivity index (χ2n) is 7.05. The van der Waals surface area contributed by atoms with Crippen LogP contribution in [0.4, 0.5) is 0 Å². The molecule has 0 fully saturated rings. The van der Waals surface area contributed by atoms with Gasteiger partial charge in [0.2, 0.25) is 11.7 Å². The third-order valence-electron chi connectivity index (χ3n) is 4.44. The van der Waals surface area contributed by atoms with Gasteiger partial charge in [-0.05, 0) is 67.8 Å². The van der Waals surface area contributed by atoms with Gasteiger partial charge in [0, 0.05) is 17.6 Å². The van der Waals surface area contributed by atoms with Gasteiger partial charge < -0.3 is 14.2 Å². The molecule has 0 N–H and O–H groups in total. The van der Waals surface area contributed by atoms with Crippen molar-refractivity contribution < 1.29 is 14.1 Å². The zero-order chi connectivity index (χ0) is 21.0. The van der Waals surface area contributed by atoms with Crippen LogP contribution in [-0.2, 0) is 11.3 Å². The Hall–Kier alpha value is -2.86. The number of nitrogens with zero attached hydrogens (tertiary/aromatic N) is 3. The largest absolute Gasteiger partial charge is 0.481 e. The minimum absolute atomic E-state index is 0.141. The molecule has 1 atom stereocenters. The van der Waals surface area contributed by atoms with Crippen LogP contribution < -0.4 is 4.74 Å². The van der Waals surface area contributed by atoms with Crippen molar-refractivity contribution in [3.05, 3.63) is 64.5 Å². The van der Waals surface area contributed by atoms with Crippen LogP contribution in [0, 0.1) is 13.8 Å². The smallest absolute Gasteiger partial charge is 0.263 e. The van der Waals surface area contributed by atoms with Gasteiger partial charge in [0.25, 0.3) is 5.91 Å². The van der Waals surface area contributed by atoms with Gasteiger partial charge in [0.1, 0.15) is 5.75 Å². The second kappa shape index (κ2) is 9.09. The summed E-state index contributed by atoms with van der Waals surface area (Å²) in [5.74, 6) is 1.36. The lowest BCUT2D eigenvalue weighted by Gasteiger charge is -2.23. The first-order valence-electron chi connectivity index (χ1n) is 9.44. The van der Waals surface area contributed by atoms with Crippen LogP contribution in [-0.4, -0.2) is 34.1 Å². The first-order chi connectivity index (χ1) is 13.9. The van der Waals surface area contributed by atoms with Crippen molar-refractivity contribution in [3.8, 4) is 17.1 Å². The number of aromatic nitrogens is 2. The number of rotatable bonds is 7. The Morgan fingerprint density at radius 3 is 2.45 bits per heavy atom. The quantitative estimate of drug-likeness (QED) is 0.555. The Morgan fingerprint density at radius 2 is 1.83 bits per heavy atom. The minimum Gasteiger partial charge on any atom is -0.481 e. The number of amides is 1. The van der Waals surface area contributed by atoms with Crippen LogP contribution in [0.15, 0.2) is 47.0 Å². The predicted octanol–water partition coefficient (Wildman–Crippen LogP) is 4.82. The predicted molar refractivity (Wildman–Crippen MR) is 112 cm³/mol. The molecule has 0 bridgehead atoms. The minimum atomic E-state index is -0.583.